The van der Waals surface area contributed by atoms with Gasteiger partial charge in [0.2, 0.25) is 0 Å². The molecule has 0 fully saturated rings. The minimum absolute atomic E-state index is 0.0702. The molecule has 0 saturated heterocycles. The number of carboxylic acids is 1. The van der Waals surface area contributed by atoms with Crippen molar-refractivity contribution in [1.82, 2.24) is 14.9 Å². The van der Waals surface area contributed by atoms with Gasteiger partial charge in [0.25, 0.3) is 11.1 Å². The molecule has 0 spiro atoms. The molecule has 2 N–H and O–H groups in total. The van der Waals surface area contributed by atoms with Crippen molar-refractivity contribution >= 4 is 41.9 Å². The predicted octanol–water partition coefficient (Wildman–Crippen LogP) is 2.25. The van der Waals surface area contributed by atoms with E-state index in [-0.39, 0.29) is 10.9 Å². The molecule has 94 valence electrons. The third-order valence-electron chi connectivity index (χ3n) is 1.75. The van der Waals surface area contributed by atoms with Crippen LogP contribution in [0, 0.1) is 0 Å². The Hall–Kier alpha value is -1.45. The zero-order chi connectivity index (χ0) is 13.0. The number of thiol groups is 1. The van der Waals surface area contributed by atoms with Crippen LogP contribution in [0.4, 0.5) is 0 Å². The Morgan fingerprint density at radius 2 is 2.44 bits per heavy atom. The predicted molar refractivity (Wildman–Crippen MR) is 71.3 cm³/mol. The number of aliphatic carboxylic acids is 1. The summed E-state index contributed by atoms with van der Waals surface area (Å²) in [5.74, 6) is -0.712. The van der Waals surface area contributed by atoms with Crippen LogP contribution in [-0.2, 0) is 4.79 Å². The van der Waals surface area contributed by atoms with Crippen LogP contribution in [0.3, 0.4) is 0 Å². The maximum absolute atomic E-state index is 10.7. The Balaban J connectivity index is 2.01. The second kappa shape index (κ2) is 5.94. The topological polar surface area (TPSA) is 88.2 Å². The average Bonchev–Trinajstić information content (AvgIpc) is 2.99. The molecule has 0 aromatic carbocycles. The summed E-state index contributed by atoms with van der Waals surface area (Å²) >= 11 is 6.17. The highest BCUT2D eigenvalue weighted by Crippen LogP contribution is 2.25. The molecule has 0 aliphatic rings. The molecule has 0 radical (unpaired) electrons. The van der Waals surface area contributed by atoms with E-state index in [0.29, 0.717) is 5.89 Å². The second-order valence-electron chi connectivity index (χ2n) is 2.90. The van der Waals surface area contributed by atoms with Gasteiger partial charge >= 0.3 is 5.97 Å². The number of carbonyl (C=O) groups is 1. The maximum Gasteiger partial charge on any atom is 0.353 e. The standard InChI is InChI=1S/C9H7N3O3S3/c13-8(14)5(4-16)12-18-9-11-10-7(15-9)6-2-1-3-17-6/h1-4,12,16H,(H,13,14)/b5-4-. The van der Waals surface area contributed by atoms with Crippen molar-refractivity contribution in [3.8, 4) is 10.8 Å². The molecule has 0 atom stereocenters. The van der Waals surface area contributed by atoms with Gasteiger partial charge in [0.05, 0.1) is 4.88 Å². The van der Waals surface area contributed by atoms with Gasteiger partial charge in [-0.15, -0.1) is 29.1 Å². The Kier molecular flexibility index (Phi) is 4.28. The average molecular weight is 301 g/mol. The fraction of sp³-hybridized carbons (Fsp3) is 0. The normalized spacial score (nSPS) is 11.5. The Labute approximate surface area is 116 Å². The van der Waals surface area contributed by atoms with E-state index in [1.165, 1.54) is 11.3 Å². The summed E-state index contributed by atoms with van der Waals surface area (Å²) in [4.78, 5) is 11.5. The van der Waals surface area contributed by atoms with Crippen molar-refractivity contribution < 1.29 is 14.3 Å². The number of hydrogen-bond acceptors (Lipinski definition) is 8. The Bertz CT molecular complexity index is 565. The van der Waals surface area contributed by atoms with Crippen LogP contribution in [0.1, 0.15) is 0 Å². The van der Waals surface area contributed by atoms with Gasteiger partial charge in [-0.2, -0.15) is 0 Å². The first-order chi connectivity index (χ1) is 8.70. The van der Waals surface area contributed by atoms with E-state index < -0.39 is 5.97 Å². The molecular formula is C9H7N3O3S3. The molecule has 2 heterocycles. The molecule has 0 amide bonds. The van der Waals surface area contributed by atoms with Gasteiger partial charge in [0.15, 0.2) is 0 Å². The zero-order valence-corrected chi connectivity index (χ0v) is 11.3. The lowest BCUT2D eigenvalue weighted by molar-refractivity contribution is -0.132. The van der Waals surface area contributed by atoms with Gasteiger partial charge in [-0.3, -0.25) is 0 Å². The summed E-state index contributed by atoms with van der Waals surface area (Å²) in [5, 5.41) is 19.7. The summed E-state index contributed by atoms with van der Waals surface area (Å²) < 4.78 is 7.90. The van der Waals surface area contributed by atoms with Crippen LogP contribution in [-0.4, -0.2) is 21.3 Å². The van der Waals surface area contributed by atoms with Crippen LogP contribution >= 0.6 is 35.9 Å². The van der Waals surface area contributed by atoms with Gasteiger partial charge in [-0.1, -0.05) is 11.2 Å². The molecule has 2 rings (SSSR count). The molecule has 0 saturated carbocycles. The fourth-order valence-electron chi connectivity index (χ4n) is 0.975. The molecule has 2 aromatic rings. The number of hydrogen-bond donors (Lipinski definition) is 3. The Morgan fingerprint density at radius 1 is 1.61 bits per heavy atom. The lowest BCUT2D eigenvalue weighted by atomic mass is 10.5. The largest absolute Gasteiger partial charge is 0.477 e. The summed E-state index contributed by atoms with van der Waals surface area (Å²) in [6.45, 7) is 0. The molecule has 0 bridgehead atoms. The first kappa shape index (κ1) is 13.0. The zero-order valence-electron chi connectivity index (χ0n) is 8.73. The minimum Gasteiger partial charge on any atom is -0.477 e. The monoisotopic (exact) mass is 301 g/mol. The molecule has 6 nitrogen and oxygen atoms in total. The molecule has 2 aromatic heterocycles. The van der Waals surface area contributed by atoms with E-state index in [1.807, 2.05) is 17.5 Å². The molecule has 18 heavy (non-hydrogen) atoms. The van der Waals surface area contributed by atoms with Crippen LogP contribution in [0.15, 0.2) is 38.3 Å². The molecular weight excluding hydrogens is 294 g/mol. The van der Waals surface area contributed by atoms with Gasteiger partial charge < -0.3 is 14.2 Å². The number of aromatic nitrogens is 2. The lowest BCUT2D eigenvalue weighted by Gasteiger charge is -2.00. The summed E-state index contributed by atoms with van der Waals surface area (Å²) in [6, 6.07) is 3.73. The fourth-order valence-corrected chi connectivity index (χ4v) is 2.43. The van der Waals surface area contributed by atoms with Crippen molar-refractivity contribution in [3.63, 3.8) is 0 Å². The van der Waals surface area contributed by atoms with Crippen LogP contribution in [0.2, 0.25) is 0 Å². The van der Waals surface area contributed by atoms with Gasteiger partial charge in [-0.05, 0) is 16.9 Å². The summed E-state index contributed by atoms with van der Waals surface area (Å²) in [7, 11) is 0. The van der Waals surface area contributed by atoms with E-state index in [4.69, 9.17) is 9.52 Å². The first-order valence-corrected chi connectivity index (χ1v) is 6.80. The number of rotatable bonds is 5. The molecule has 9 heteroatoms. The van der Waals surface area contributed by atoms with Gasteiger partial charge in [0, 0.05) is 11.9 Å². The van der Waals surface area contributed by atoms with Crippen molar-refractivity contribution in [2.45, 2.75) is 5.22 Å². The number of nitrogens with one attached hydrogen (secondary N) is 1. The smallest absolute Gasteiger partial charge is 0.353 e. The van der Waals surface area contributed by atoms with E-state index in [1.54, 1.807) is 0 Å². The highest BCUT2D eigenvalue weighted by molar-refractivity contribution is 7.97. The number of thiophene rings is 1. The Morgan fingerprint density at radius 3 is 3.06 bits per heavy atom. The summed E-state index contributed by atoms with van der Waals surface area (Å²) in [5.41, 5.74) is -0.0702. The molecule has 0 aliphatic heterocycles. The maximum atomic E-state index is 10.7. The first-order valence-electron chi connectivity index (χ1n) is 4.58. The third-order valence-corrected chi connectivity index (χ3v) is 3.52. The minimum atomic E-state index is -1.12. The van der Waals surface area contributed by atoms with Gasteiger partial charge in [0.1, 0.15) is 5.70 Å². The van der Waals surface area contributed by atoms with E-state index in [9.17, 15) is 4.79 Å². The molecule has 0 unspecified atom stereocenters. The summed E-state index contributed by atoms with van der Waals surface area (Å²) in [6.07, 6.45) is 0. The SMILES string of the molecule is O=C(O)/C(=C/S)NSc1nnc(-c2cccs2)o1. The number of nitrogens with zero attached hydrogens (tertiary/aromatic N) is 2. The van der Waals surface area contributed by atoms with Crippen LogP contribution in [0.5, 0.6) is 0 Å². The second-order valence-corrected chi connectivity index (χ2v) is 4.87. The van der Waals surface area contributed by atoms with Crippen molar-refractivity contribution in [2.75, 3.05) is 0 Å². The van der Waals surface area contributed by atoms with Crippen LogP contribution in [0.25, 0.3) is 10.8 Å². The quantitative estimate of drug-likeness (QED) is 0.443. The van der Waals surface area contributed by atoms with E-state index in [0.717, 1.165) is 22.2 Å². The van der Waals surface area contributed by atoms with E-state index in [2.05, 4.69) is 27.5 Å². The lowest BCUT2D eigenvalue weighted by Crippen LogP contribution is -2.12. The highest BCUT2D eigenvalue weighted by Gasteiger charge is 2.12. The van der Waals surface area contributed by atoms with Crippen molar-refractivity contribution in [3.05, 3.63) is 28.6 Å². The van der Waals surface area contributed by atoms with Crippen molar-refractivity contribution in [2.24, 2.45) is 0 Å². The van der Waals surface area contributed by atoms with Crippen LogP contribution < -0.4 is 4.72 Å². The molecule has 0 aliphatic carbocycles. The van der Waals surface area contributed by atoms with Gasteiger partial charge in [-0.25, -0.2) is 4.79 Å². The van der Waals surface area contributed by atoms with E-state index >= 15 is 0 Å². The van der Waals surface area contributed by atoms with Crippen molar-refractivity contribution in [1.29, 1.82) is 0 Å². The third kappa shape index (κ3) is 3.06. The number of carboxylic acid groups (broad SMARTS) is 1. The highest BCUT2D eigenvalue weighted by atomic mass is 32.2.